The zero-order valence-electron chi connectivity index (χ0n) is 10.3. The van der Waals surface area contributed by atoms with Gasteiger partial charge < -0.3 is 5.32 Å². The second-order valence-corrected chi connectivity index (χ2v) is 5.30. The van der Waals surface area contributed by atoms with Gasteiger partial charge in [0.15, 0.2) is 0 Å². The minimum atomic E-state index is 0.0981. The van der Waals surface area contributed by atoms with Gasteiger partial charge in [0.05, 0.1) is 5.75 Å². The summed E-state index contributed by atoms with van der Waals surface area (Å²) in [6, 6.07) is 6.53. The Morgan fingerprint density at radius 1 is 1.38 bits per heavy atom. The molecule has 88 valence electrons. The van der Waals surface area contributed by atoms with E-state index in [0.29, 0.717) is 5.75 Å². The molecule has 0 unspecified atom stereocenters. The SMILES string of the molecule is Cc1ccc(C)c(SCC(=O)NC(C)C)c1. The van der Waals surface area contributed by atoms with Crippen molar-refractivity contribution < 1.29 is 4.79 Å². The summed E-state index contributed by atoms with van der Waals surface area (Å²) in [5.74, 6) is 0.587. The van der Waals surface area contributed by atoms with Crippen LogP contribution in [0, 0.1) is 13.8 Å². The first-order chi connectivity index (χ1) is 7.49. The second-order valence-electron chi connectivity index (χ2n) is 4.28. The van der Waals surface area contributed by atoms with Crippen molar-refractivity contribution in [1.82, 2.24) is 5.32 Å². The van der Waals surface area contributed by atoms with E-state index < -0.39 is 0 Å². The van der Waals surface area contributed by atoms with Crippen molar-refractivity contribution in [3.63, 3.8) is 0 Å². The molecule has 0 aliphatic heterocycles. The van der Waals surface area contributed by atoms with Crippen LogP contribution in [0.15, 0.2) is 23.1 Å². The number of hydrogen-bond donors (Lipinski definition) is 1. The largest absolute Gasteiger partial charge is 0.353 e. The maximum atomic E-state index is 11.5. The summed E-state index contributed by atoms with van der Waals surface area (Å²) >= 11 is 1.60. The number of amides is 1. The predicted octanol–water partition coefficient (Wildman–Crippen LogP) is 2.92. The number of thioether (sulfide) groups is 1. The number of carbonyl (C=O) groups is 1. The third-order valence-electron chi connectivity index (χ3n) is 2.15. The number of carbonyl (C=O) groups excluding carboxylic acids is 1. The molecule has 0 fully saturated rings. The van der Waals surface area contributed by atoms with Crippen molar-refractivity contribution in [2.45, 2.75) is 38.6 Å². The molecule has 1 aromatic rings. The molecule has 2 nitrogen and oxygen atoms in total. The zero-order valence-corrected chi connectivity index (χ0v) is 11.1. The molecule has 0 aliphatic rings. The van der Waals surface area contributed by atoms with Crippen LogP contribution in [0.1, 0.15) is 25.0 Å². The van der Waals surface area contributed by atoms with Crippen molar-refractivity contribution in [3.05, 3.63) is 29.3 Å². The van der Waals surface area contributed by atoms with Crippen LogP contribution in [-0.4, -0.2) is 17.7 Å². The lowest BCUT2D eigenvalue weighted by Crippen LogP contribution is -2.31. The van der Waals surface area contributed by atoms with Crippen LogP contribution in [0.3, 0.4) is 0 Å². The van der Waals surface area contributed by atoms with Gasteiger partial charge in [-0.05, 0) is 39.3 Å². The van der Waals surface area contributed by atoms with Gasteiger partial charge in [0, 0.05) is 10.9 Å². The van der Waals surface area contributed by atoms with Gasteiger partial charge in [-0.1, -0.05) is 17.7 Å². The molecule has 0 aliphatic carbocycles. The van der Waals surface area contributed by atoms with E-state index in [0.717, 1.165) is 0 Å². The molecule has 1 N–H and O–H groups in total. The van der Waals surface area contributed by atoms with Crippen LogP contribution in [0.4, 0.5) is 0 Å². The number of aryl methyl sites for hydroxylation is 2. The Morgan fingerprint density at radius 2 is 2.06 bits per heavy atom. The fourth-order valence-corrected chi connectivity index (χ4v) is 2.30. The van der Waals surface area contributed by atoms with E-state index >= 15 is 0 Å². The van der Waals surface area contributed by atoms with Gasteiger partial charge in [0.1, 0.15) is 0 Å². The highest BCUT2D eigenvalue weighted by Gasteiger charge is 2.05. The monoisotopic (exact) mass is 237 g/mol. The molecular formula is C13H19NOS. The summed E-state index contributed by atoms with van der Waals surface area (Å²) in [7, 11) is 0. The number of rotatable bonds is 4. The number of benzene rings is 1. The van der Waals surface area contributed by atoms with Crippen LogP contribution in [0.25, 0.3) is 0 Å². The topological polar surface area (TPSA) is 29.1 Å². The van der Waals surface area contributed by atoms with E-state index in [4.69, 9.17) is 0 Å². The van der Waals surface area contributed by atoms with Gasteiger partial charge >= 0.3 is 0 Å². The van der Waals surface area contributed by atoms with Crippen LogP contribution in [0.5, 0.6) is 0 Å². The van der Waals surface area contributed by atoms with Gasteiger partial charge in [0.2, 0.25) is 5.91 Å². The van der Waals surface area contributed by atoms with Gasteiger partial charge in [-0.25, -0.2) is 0 Å². The summed E-state index contributed by atoms with van der Waals surface area (Å²) in [6.45, 7) is 8.08. The highest BCUT2D eigenvalue weighted by Crippen LogP contribution is 2.23. The van der Waals surface area contributed by atoms with E-state index in [9.17, 15) is 4.79 Å². The average molecular weight is 237 g/mol. The summed E-state index contributed by atoms with van der Waals surface area (Å²) in [5, 5.41) is 2.89. The number of hydrogen-bond acceptors (Lipinski definition) is 2. The zero-order chi connectivity index (χ0) is 12.1. The molecule has 3 heteroatoms. The molecule has 1 aromatic carbocycles. The lowest BCUT2D eigenvalue weighted by atomic mass is 10.2. The van der Waals surface area contributed by atoms with Gasteiger partial charge in [-0.2, -0.15) is 0 Å². The van der Waals surface area contributed by atoms with Crippen LogP contribution >= 0.6 is 11.8 Å². The Morgan fingerprint density at radius 3 is 2.69 bits per heavy atom. The van der Waals surface area contributed by atoms with Crippen molar-refractivity contribution in [3.8, 4) is 0 Å². The minimum absolute atomic E-state index is 0.0981. The standard InChI is InChI=1S/C13H19NOS/c1-9(2)14-13(15)8-16-12-7-10(3)5-6-11(12)4/h5-7,9H,8H2,1-4H3,(H,14,15). The van der Waals surface area contributed by atoms with E-state index in [1.165, 1.54) is 16.0 Å². The molecule has 0 atom stereocenters. The van der Waals surface area contributed by atoms with Crippen molar-refractivity contribution in [2.75, 3.05) is 5.75 Å². The van der Waals surface area contributed by atoms with E-state index in [1.807, 2.05) is 13.8 Å². The summed E-state index contributed by atoms with van der Waals surface area (Å²) in [6.07, 6.45) is 0. The average Bonchev–Trinajstić information content (AvgIpc) is 2.18. The Bertz CT molecular complexity index is 374. The van der Waals surface area contributed by atoms with Gasteiger partial charge in [0.25, 0.3) is 0 Å². The molecule has 0 saturated heterocycles. The molecule has 0 radical (unpaired) electrons. The molecule has 1 rings (SSSR count). The predicted molar refractivity (Wildman–Crippen MR) is 69.9 cm³/mol. The molecule has 0 spiro atoms. The lowest BCUT2D eigenvalue weighted by Gasteiger charge is -2.09. The molecule has 1 amide bonds. The van der Waals surface area contributed by atoms with Crippen LogP contribution < -0.4 is 5.32 Å². The fourth-order valence-electron chi connectivity index (χ4n) is 1.37. The normalized spacial score (nSPS) is 10.6. The summed E-state index contributed by atoms with van der Waals surface area (Å²) in [4.78, 5) is 12.7. The van der Waals surface area contributed by atoms with Crippen molar-refractivity contribution in [2.24, 2.45) is 0 Å². The molecule has 0 aromatic heterocycles. The highest BCUT2D eigenvalue weighted by atomic mass is 32.2. The van der Waals surface area contributed by atoms with Crippen LogP contribution in [-0.2, 0) is 4.79 Å². The van der Waals surface area contributed by atoms with Crippen LogP contribution in [0.2, 0.25) is 0 Å². The Balaban J connectivity index is 2.54. The van der Waals surface area contributed by atoms with Crippen molar-refractivity contribution >= 4 is 17.7 Å². The van der Waals surface area contributed by atoms with Gasteiger partial charge in [-0.15, -0.1) is 11.8 Å². The Labute approximate surface area is 102 Å². The Kier molecular flexibility index (Phi) is 4.87. The first-order valence-electron chi connectivity index (χ1n) is 5.48. The first-order valence-corrected chi connectivity index (χ1v) is 6.47. The lowest BCUT2D eigenvalue weighted by molar-refractivity contribution is -0.119. The molecule has 0 heterocycles. The van der Waals surface area contributed by atoms with E-state index in [-0.39, 0.29) is 11.9 Å². The van der Waals surface area contributed by atoms with Crippen molar-refractivity contribution in [1.29, 1.82) is 0 Å². The molecule has 0 saturated carbocycles. The quantitative estimate of drug-likeness (QED) is 0.816. The summed E-state index contributed by atoms with van der Waals surface area (Å²) in [5.41, 5.74) is 2.46. The fraction of sp³-hybridized carbons (Fsp3) is 0.462. The maximum Gasteiger partial charge on any atom is 0.230 e. The van der Waals surface area contributed by atoms with E-state index in [1.54, 1.807) is 11.8 Å². The smallest absolute Gasteiger partial charge is 0.230 e. The highest BCUT2D eigenvalue weighted by molar-refractivity contribution is 8.00. The van der Waals surface area contributed by atoms with Gasteiger partial charge in [-0.3, -0.25) is 4.79 Å². The first kappa shape index (κ1) is 13.1. The minimum Gasteiger partial charge on any atom is -0.353 e. The molecule has 0 bridgehead atoms. The Hall–Kier alpha value is -0.960. The maximum absolute atomic E-state index is 11.5. The number of nitrogens with one attached hydrogen (secondary N) is 1. The van der Waals surface area contributed by atoms with E-state index in [2.05, 4.69) is 37.4 Å². The molecular weight excluding hydrogens is 218 g/mol. The second kappa shape index (κ2) is 5.94. The third-order valence-corrected chi connectivity index (χ3v) is 3.31. The summed E-state index contributed by atoms with van der Waals surface area (Å²) < 4.78 is 0. The molecule has 16 heavy (non-hydrogen) atoms. The third kappa shape index (κ3) is 4.27.